The van der Waals surface area contributed by atoms with E-state index in [-0.39, 0.29) is 18.3 Å². The molecule has 1 aliphatic carbocycles. The third-order valence-electron chi connectivity index (χ3n) is 5.80. The van der Waals surface area contributed by atoms with Crippen molar-refractivity contribution in [2.75, 3.05) is 0 Å². The van der Waals surface area contributed by atoms with Crippen LogP contribution in [-0.2, 0) is 11.2 Å². The van der Waals surface area contributed by atoms with Gasteiger partial charge >= 0.3 is 5.97 Å². The average Bonchev–Trinajstić information content (AvgIpc) is 2.94. The first-order valence-electron chi connectivity index (χ1n) is 10.4. The maximum absolute atomic E-state index is 10.5. The fraction of sp³-hybridized carbons (Fsp3) is 0.609. The maximum atomic E-state index is 10.5. The molecule has 1 fully saturated rings. The van der Waals surface area contributed by atoms with Gasteiger partial charge in [0.1, 0.15) is 0 Å². The van der Waals surface area contributed by atoms with Crippen LogP contribution in [0.2, 0.25) is 0 Å². The third-order valence-corrected chi connectivity index (χ3v) is 5.80. The molecule has 5 heteroatoms. The van der Waals surface area contributed by atoms with Crippen LogP contribution in [0.3, 0.4) is 0 Å². The molecular formula is C23H34O5. The van der Waals surface area contributed by atoms with Crippen molar-refractivity contribution < 1.29 is 25.2 Å². The Morgan fingerprint density at radius 1 is 1.07 bits per heavy atom. The van der Waals surface area contributed by atoms with Crippen molar-refractivity contribution >= 4 is 5.97 Å². The van der Waals surface area contributed by atoms with E-state index in [0.717, 1.165) is 6.42 Å². The minimum atomic E-state index is -0.784. The number of hydrogen-bond donors (Lipinski definition) is 4. The summed E-state index contributed by atoms with van der Waals surface area (Å²) in [7, 11) is 0. The molecule has 156 valence electrons. The second-order valence-electron chi connectivity index (χ2n) is 7.95. The van der Waals surface area contributed by atoms with Crippen LogP contribution >= 0.6 is 0 Å². The topological polar surface area (TPSA) is 98.0 Å². The summed E-state index contributed by atoms with van der Waals surface area (Å²) < 4.78 is 0. The molecule has 1 aromatic rings. The van der Waals surface area contributed by atoms with E-state index in [1.165, 1.54) is 5.56 Å². The Morgan fingerprint density at radius 2 is 1.79 bits per heavy atom. The second-order valence-corrected chi connectivity index (χ2v) is 7.95. The molecule has 0 heterocycles. The van der Waals surface area contributed by atoms with E-state index in [2.05, 4.69) is 12.1 Å². The lowest BCUT2D eigenvalue weighted by molar-refractivity contribution is -0.137. The van der Waals surface area contributed by atoms with Gasteiger partial charge in [0, 0.05) is 6.42 Å². The summed E-state index contributed by atoms with van der Waals surface area (Å²) in [5.74, 6) is -0.800. The van der Waals surface area contributed by atoms with Gasteiger partial charge in [0.2, 0.25) is 0 Å². The first kappa shape index (κ1) is 22.6. The smallest absolute Gasteiger partial charge is 0.303 e. The number of aliphatic carboxylic acids is 1. The molecule has 0 bridgehead atoms. The van der Waals surface area contributed by atoms with E-state index >= 15 is 0 Å². The Labute approximate surface area is 167 Å². The standard InChI is InChI=1S/C23H34O5/c24-18(13-12-17-8-4-3-5-9-17)14-15-20-19(21(25)16-22(20)26)10-6-1-2-7-11-23(27)28/h1,3-6,8-9,18-22,24-26H,2,7,10-16H2,(H,27,28)/t18-,19+,20+,21-,22+/m0/s1. The number of unbranched alkanes of at least 4 members (excludes halogenated alkanes) is 1. The molecule has 1 saturated carbocycles. The molecule has 0 unspecified atom stereocenters. The molecule has 2 rings (SSSR count). The highest BCUT2D eigenvalue weighted by Gasteiger charge is 2.40. The number of benzene rings is 1. The zero-order valence-corrected chi connectivity index (χ0v) is 16.5. The van der Waals surface area contributed by atoms with Crippen molar-refractivity contribution in [2.45, 2.75) is 76.1 Å². The van der Waals surface area contributed by atoms with Crippen molar-refractivity contribution in [1.82, 2.24) is 0 Å². The molecule has 0 amide bonds. The number of hydrogen-bond acceptors (Lipinski definition) is 4. The van der Waals surface area contributed by atoms with Gasteiger partial charge < -0.3 is 20.4 Å². The van der Waals surface area contributed by atoms with Crippen LogP contribution < -0.4 is 0 Å². The minimum absolute atomic E-state index is 0.00736. The first-order valence-corrected chi connectivity index (χ1v) is 10.4. The Balaban J connectivity index is 1.74. The third kappa shape index (κ3) is 7.74. The van der Waals surface area contributed by atoms with E-state index in [4.69, 9.17) is 5.11 Å². The Kier molecular flexibility index (Phi) is 9.68. The van der Waals surface area contributed by atoms with Crippen LogP contribution in [0.25, 0.3) is 0 Å². The van der Waals surface area contributed by atoms with Crippen molar-refractivity contribution in [3.05, 3.63) is 48.0 Å². The highest BCUT2D eigenvalue weighted by molar-refractivity contribution is 5.66. The fourth-order valence-corrected chi connectivity index (χ4v) is 4.16. The number of rotatable bonds is 12. The van der Waals surface area contributed by atoms with Crippen LogP contribution in [-0.4, -0.2) is 44.7 Å². The zero-order chi connectivity index (χ0) is 20.4. The van der Waals surface area contributed by atoms with Crippen LogP contribution in [0.15, 0.2) is 42.5 Å². The van der Waals surface area contributed by atoms with Gasteiger partial charge in [-0.25, -0.2) is 0 Å². The fourth-order valence-electron chi connectivity index (χ4n) is 4.16. The van der Waals surface area contributed by atoms with E-state index in [1.807, 2.05) is 30.4 Å². The molecule has 5 atom stereocenters. The van der Waals surface area contributed by atoms with E-state index < -0.39 is 24.3 Å². The van der Waals surface area contributed by atoms with Gasteiger partial charge in [0.25, 0.3) is 0 Å². The van der Waals surface area contributed by atoms with Gasteiger partial charge in [-0.05, 0) is 68.8 Å². The van der Waals surface area contributed by atoms with Crippen LogP contribution in [0.4, 0.5) is 0 Å². The maximum Gasteiger partial charge on any atom is 0.303 e. The van der Waals surface area contributed by atoms with Crippen molar-refractivity contribution in [1.29, 1.82) is 0 Å². The number of aliphatic hydroxyl groups is 3. The molecule has 0 spiro atoms. The summed E-state index contributed by atoms with van der Waals surface area (Å²) in [6.07, 6.45) is 7.91. The van der Waals surface area contributed by atoms with Crippen LogP contribution in [0.1, 0.15) is 56.9 Å². The number of aryl methyl sites for hydroxylation is 1. The summed E-state index contributed by atoms with van der Waals surface area (Å²) in [5, 5.41) is 39.6. The molecule has 4 N–H and O–H groups in total. The summed E-state index contributed by atoms with van der Waals surface area (Å²) >= 11 is 0. The lowest BCUT2D eigenvalue weighted by Crippen LogP contribution is -2.23. The molecule has 1 aliphatic rings. The average molecular weight is 391 g/mol. The largest absolute Gasteiger partial charge is 0.481 e. The highest BCUT2D eigenvalue weighted by Crippen LogP contribution is 2.38. The van der Waals surface area contributed by atoms with Gasteiger partial charge in [-0.3, -0.25) is 4.79 Å². The van der Waals surface area contributed by atoms with Crippen molar-refractivity contribution in [3.63, 3.8) is 0 Å². The van der Waals surface area contributed by atoms with Crippen LogP contribution in [0, 0.1) is 11.8 Å². The lowest BCUT2D eigenvalue weighted by atomic mass is 9.85. The number of carboxylic acids is 1. The van der Waals surface area contributed by atoms with Gasteiger partial charge in [0.05, 0.1) is 18.3 Å². The summed E-state index contributed by atoms with van der Waals surface area (Å²) in [4.78, 5) is 10.5. The number of aliphatic hydroxyl groups excluding tert-OH is 3. The quantitative estimate of drug-likeness (QED) is 0.324. The Bertz CT molecular complexity index is 600. The monoisotopic (exact) mass is 390 g/mol. The Morgan fingerprint density at radius 3 is 2.50 bits per heavy atom. The summed E-state index contributed by atoms with van der Waals surface area (Å²) in [6.45, 7) is 0. The number of allylic oxidation sites excluding steroid dienone is 2. The lowest BCUT2D eigenvalue weighted by Gasteiger charge is -2.23. The second kappa shape index (κ2) is 12.0. The summed E-state index contributed by atoms with van der Waals surface area (Å²) in [6, 6.07) is 10.1. The highest BCUT2D eigenvalue weighted by atomic mass is 16.4. The predicted molar refractivity (Wildman–Crippen MR) is 109 cm³/mol. The van der Waals surface area contributed by atoms with Gasteiger partial charge in [0.15, 0.2) is 0 Å². The molecule has 1 aromatic carbocycles. The molecule has 0 saturated heterocycles. The number of carbonyl (C=O) groups is 1. The van der Waals surface area contributed by atoms with E-state index in [0.29, 0.717) is 44.9 Å². The van der Waals surface area contributed by atoms with Crippen molar-refractivity contribution in [3.8, 4) is 0 Å². The Hall–Kier alpha value is -1.69. The molecule has 5 nitrogen and oxygen atoms in total. The number of carboxylic acid groups (broad SMARTS) is 1. The van der Waals surface area contributed by atoms with Crippen LogP contribution in [0.5, 0.6) is 0 Å². The van der Waals surface area contributed by atoms with Crippen molar-refractivity contribution in [2.24, 2.45) is 11.8 Å². The first-order chi connectivity index (χ1) is 13.5. The predicted octanol–water partition coefficient (Wildman–Crippen LogP) is 3.32. The van der Waals surface area contributed by atoms with E-state index in [9.17, 15) is 20.1 Å². The van der Waals surface area contributed by atoms with E-state index in [1.54, 1.807) is 0 Å². The van der Waals surface area contributed by atoms with Gasteiger partial charge in [-0.1, -0.05) is 42.5 Å². The molecule has 0 aromatic heterocycles. The zero-order valence-electron chi connectivity index (χ0n) is 16.5. The molecular weight excluding hydrogens is 356 g/mol. The normalized spacial score (nSPS) is 26.0. The minimum Gasteiger partial charge on any atom is -0.481 e. The molecule has 0 radical (unpaired) electrons. The molecule has 0 aliphatic heterocycles. The van der Waals surface area contributed by atoms with Gasteiger partial charge in [-0.15, -0.1) is 0 Å². The van der Waals surface area contributed by atoms with Gasteiger partial charge in [-0.2, -0.15) is 0 Å². The molecule has 28 heavy (non-hydrogen) atoms. The summed E-state index contributed by atoms with van der Waals surface area (Å²) in [5.41, 5.74) is 1.21. The SMILES string of the molecule is O=C(O)CCCC=CC[C@@H]1[C@@H](CC[C@@H](O)CCc2ccccc2)[C@H](O)C[C@@H]1O.